The minimum Gasteiger partial charge on any atom is -0.314 e. The van der Waals surface area contributed by atoms with Crippen molar-refractivity contribution in [3.63, 3.8) is 0 Å². The Morgan fingerprint density at radius 1 is 1.24 bits per heavy atom. The van der Waals surface area contributed by atoms with Crippen LogP contribution in [0.3, 0.4) is 0 Å². The Labute approximate surface area is 107 Å². The normalized spacial score (nSPS) is 32.1. The van der Waals surface area contributed by atoms with Crippen molar-refractivity contribution < 1.29 is 0 Å². The number of nitrogens with one attached hydrogen (secondary N) is 1. The average Bonchev–Trinajstić information content (AvgIpc) is 3.10. The van der Waals surface area contributed by atoms with Crippen LogP contribution in [-0.4, -0.2) is 37.1 Å². The Balaban J connectivity index is 1.69. The van der Waals surface area contributed by atoms with Crippen molar-refractivity contribution in [3.05, 3.63) is 0 Å². The Hall–Kier alpha value is -0.0800. The topological polar surface area (TPSA) is 15.3 Å². The van der Waals surface area contributed by atoms with E-state index in [0.29, 0.717) is 0 Å². The Morgan fingerprint density at radius 2 is 2.06 bits per heavy atom. The lowest BCUT2D eigenvalue weighted by atomic mass is 10.0. The molecule has 0 radical (unpaired) electrons. The second-order valence-corrected chi connectivity index (χ2v) is 6.29. The molecule has 17 heavy (non-hydrogen) atoms. The molecular weight excluding hydrogens is 208 g/mol. The fourth-order valence-electron chi connectivity index (χ4n) is 2.97. The Morgan fingerprint density at radius 3 is 2.76 bits per heavy atom. The van der Waals surface area contributed by atoms with Crippen LogP contribution in [0.15, 0.2) is 0 Å². The van der Waals surface area contributed by atoms with Gasteiger partial charge in [-0.2, -0.15) is 0 Å². The third-order valence-corrected chi connectivity index (χ3v) is 4.40. The van der Waals surface area contributed by atoms with Crippen LogP contribution in [0.2, 0.25) is 0 Å². The van der Waals surface area contributed by atoms with Gasteiger partial charge in [-0.25, -0.2) is 0 Å². The molecule has 0 aromatic heterocycles. The minimum atomic E-state index is 0.753. The molecule has 2 aliphatic rings. The van der Waals surface area contributed by atoms with Gasteiger partial charge in [0.05, 0.1) is 0 Å². The molecule has 100 valence electrons. The first-order valence-electron chi connectivity index (χ1n) is 7.73. The highest BCUT2D eigenvalue weighted by Gasteiger charge is 2.22. The molecule has 1 N–H and O–H groups in total. The lowest BCUT2D eigenvalue weighted by Gasteiger charge is -2.32. The molecule has 2 unspecified atom stereocenters. The van der Waals surface area contributed by atoms with E-state index in [0.717, 1.165) is 17.9 Å². The summed E-state index contributed by atoms with van der Waals surface area (Å²) < 4.78 is 0. The Kier molecular flexibility index (Phi) is 5.30. The van der Waals surface area contributed by atoms with Gasteiger partial charge in [0.1, 0.15) is 0 Å². The SMILES string of the molecule is CCC1CCN(CCCC2CC2)CC(C)CN1. The van der Waals surface area contributed by atoms with E-state index < -0.39 is 0 Å². The van der Waals surface area contributed by atoms with Gasteiger partial charge in [-0.05, 0) is 57.2 Å². The summed E-state index contributed by atoms with van der Waals surface area (Å²) in [6.45, 7) is 9.85. The summed E-state index contributed by atoms with van der Waals surface area (Å²) in [5, 5.41) is 3.70. The largest absolute Gasteiger partial charge is 0.314 e. The molecule has 0 bridgehead atoms. The van der Waals surface area contributed by atoms with E-state index in [1.165, 1.54) is 64.7 Å². The van der Waals surface area contributed by atoms with Crippen LogP contribution in [0, 0.1) is 11.8 Å². The number of hydrogen-bond donors (Lipinski definition) is 1. The molecule has 1 aliphatic heterocycles. The van der Waals surface area contributed by atoms with Crippen molar-refractivity contribution in [1.29, 1.82) is 0 Å². The summed E-state index contributed by atoms with van der Waals surface area (Å²) in [7, 11) is 0. The molecule has 2 rings (SSSR count). The van der Waals surface area contributed by atoms with Crippen LogP contribution in [0.1, 0.15) is 52.4 Å². The zero-order valence-electron chi connectivity index (χ0n) is 11.8. The summed E-state index contributed by atoms with van der Waals surface area (Å²) >= 11 is 0. The van der Waals surface area contributed by atoms with Gasteiger partial charge in [0, 0.05) is 12.6 Å². The summed E-state index contributed by atoms with van der Waals surface area (Å²) in [6, 6.07) is 0.753. The van der Waals surface area contributed by atoms with Gasteiger partial charge in [-0.1, -0.05) is 26.7 Å². The van der Waals surface area contributed by atoms with Crippen LogP contribution in [0.4, 0.5) is 0 Å². The quantitative estimate of drug-likeness (QED) is 0.792. The van der Waals surface area contributed by atoms with Gasteiger partial charge in [0.2, 0.25) is 0 Å². The molecule has 2 nitrogen and oxygen atoms in total. The molecule has 1 saturated heterocycles. The molecule has 2 fully saturated rings. The van der Waals surface area contributed by atoms with Gasteiger partial charge < -0.3 is 10.2 Å². The molecule has 1 aliphatic carbocycles. The average molecular weight is 238 g/mol. The van der Waals surface area contributed by atoms with E-state index in [4.69, 9.17) is 0 Å². The highest BCUT2D eigenvalue weighted by Crippen LogP contribution is 2.33. The van der Waals surface area contributed by atoms with Crippen molar-refractivity contribution in [2.24, 2.45) is 11.8 Å². The van der Waals surface area contributed by atoms with Crippen LogP contribution in [0.5, 0.6) is 0 Å². The third kappa shape index (κ3) is 4.97. The first kappa shape index (κ1) is 13.4. The molecule has 0 aromatic rings. The first-order valence-corrected chi connectivity index (χ1v) is 7.73. The molecule has 0 spiro atoms. The zero-order valence-corrected chi connectivity index (χ0v) is 11.8. The van der Waals surface area contributed by atoms with Crippen molar-refractivity contribution in [1.82, 2.24) is 10.2 Å². The minimum absolute atomic E-state index is 0.753. The molecule has 0 amide bonds. The van der Waals surface area contributed by atoms with E-state index in [2.05, 4.69) is 24.1 Å². The maximum absolute atomic E-state index is 3.70. The van der Waals surface area contributed by atoms with Crippen molar-refractivity contribution in [3.8, 4) is 0 Å². The van der Waals surface area contributed by atoms with E-state index in [-0.39, 0.29) is 0 Å². The third-order valence-electron chi connectivity index (χ3n) is 4.40. The maximum Gasteiger partial charge on any atom is 0.00767 e. The van der Waals surface area contributed by atoms with Crippen LogP contribution >= 0.6 is 0 Å². The molecular formula is C15H30N2. The second-order valence-electron chi connectivity index (χ2n) is 6.29. The van der Waals surface area contributed by atoms with Gasteiger partial charge in [-0.3, -0.25) is 0 Å². The molecule has 1 heterocycles. The molecule has 2 heteroatoms. The summed E-state index contributed by atoms with van der Waals surface area (Å²) in [5.74, 6) is 1.91. The predicted octanol–water partition coefficient (Wildman–Crippen LogP) is 2.89. The van der Waals surface area contributed by atoms with Gasteiger partial charge in [0.25, 0.3) is 0 Å². The second kappa shape index (κ2) is 6.75. The van der Waals surface area contributed by atoms with Crippen molar-refractivity contribution in [2.45, 2.75) is 58.4 Å². The summed E-state index contributed by atoms with van der Waals surface area (Å²) in [4.78, 5) is 2.72. The fraction of sp³-hybridized carbons (Fsp3) is 1.00. The number of rotatable bonds is 5. The van der Waals surface area contributed by atoms with Gasteiger partial charge >= 0.3 is 0 Å². The molecule has 1 saturated carbocycles. The zero-order chi connectivity index (χ0) is 12.1. The van der Waals surface area contributed by atoms with E-state index in [9.17, 15) is 0 Å². The van der Waals surface area contributed by atoms with Crippen LogP contribution < -0.4 is 5.32 Å². The lowest BCUT2D eigenvalue weighted by Crippen LogP contribution is -2.43. The van der Waals surface area contributed by atoms with Crippen molar-refractivity contribution in [2.75, 3.05) is 26.2 Å². The summed E-state index contributed by atoms with van der Waals surface area (Å²) in [5.41, 5.74) is 0. The first-order chi connectivity index (χ1) is 8.28. The van der Waals surface area contributed by atoms with Gasteiger partial charge in [-0.15, -0.1) is 0 Å². The standard InChI is InChI=1S/C15H30N2/c1-3-15-8-10-17(12-13(2)11-16-15)9-4-5-14-6-7-14/h13-16H,3-12H2,1-2H3. The maximum atomic E-state index is 3.70. The Bertz CT molecular complexity index is 213. The number of nitrogens with zero attached hydrogens (tertiary/aromatic N) is 1. The van der Waals surface area contributed by atoms with Gasteiger partial charge in [0.15, 0.2) is 0 Å². The smallest absolute Gasteiger partial charge is 0.00767 e. The molecule has 2 atom stereocenters. The highest BCUT2D eigenvalue weighted by molar-refractivity contribution is 4.77. The predicted molar refractivity (Wildman–Crippen MR) is 74.3 cm³/mol. The van der Waals surface area contributed by atoms with E-state index in [1.807, 2.05) is 0 Å². The number of hydrogen-bond acceptors (Lipinski definition) is 2. The van der Waals surface area contributed by atoms with E-state index >= 15 is 0 Å². The van der Waals surface area contributed by atoms with Crippen molar-refractivity contribution >= 4 is 0 Å². The lowest BCUT2D eigenvalue weighted by molar-refractivity contribution is 0.193. The summed E-state index contributed by atoms with van der Waals surface area (Å²) in [6.07, 6.45) is 8.56. The monoisotopic (exact) mass is 238 g/mol. The fourth-order valence-corrected chi connectivity index (χ4v) is 2.97. The molecule has 0 aromatic carbocycles. The van der Waals surface area contributed by atoms with Crippen LogP contribution in [0.25, 0.3) is 0 Å². The van der Waals surface area contributed by atoms with E-state index in [1.54, 1.807) is 0 Å². The van der Waals surface area contributed by atoms with Crippen LogP contribution in [-0.2, 0) is 0 Å². The highest BCUT2D eigenvalue weighted by atomic mass is 15.1.